The highest BCUT2D eigenvalue weighted by molar-refractivity contribution is 6.07. The molecule has 1 aliphatic rings. The third-order valence-corrected chi connectivity index (χ3v) is 4.81. The van der Waals surface area contributed by atoms with Crippen molar-refractivity contribution in [3.05, 3.63) is 83.6 Å². The summed E-state index contributed by atoms with van der Waals surface area (Å²) in [5.41, 5.74) is 3.99. The van der Waals surface area contributed by atoms with Gasteiger partial charge in [-0.25, -0.2) is 9.78 Å². The number of anilines is 3. The molecule has 0 unspecified atom stereocenters. The van der Waals surface area contributed by atoms with E-state index in [1.807, 2.05) is 23.1 Å². The molecule has 1 aromatic heterocycles. The van der Waals surface area contributed by atoms with Gasteiger partial charge in [-0.05, 0) is 61.4 Å². The van der Waals surface area contributed by atoms with Gasteiger partial charge in [-0.3, -0.25) is 4.79 Å². The Morgan fingerprint density at radius 3 is 2.66 bits per heavy atom. The Morgan fingerprint density at radius 1 is 1.07 bits per heavy atom. The number of pyridine rings is 1. The highest BCUT2D eigenvalue weighted by Gasteiger charge is 2.25. The maximum Gasteiger partial charge on any atom is 0.338 e. The number of carbonyl (C=O) groups is 2. The van der Waals surface area contributed by atoms with E-state index in [1.165, 1.54) is 5.56 Å². The Kier molecular flexibility index (Phi) is 5.24. The van der Waals surface area contributed by atoms with E-state index in [-0.39, 0.29) is 11.9 Å². The standard InChI is InChI=1S/C23H21N3O3/c1-2-29-23(28)17-7-9-19(10-8-17)25-21-15-18(11-13-24-21)22(27)26-14-12-16-5-3-4-6-20(16)26/h3-11,13,15H,2,12,14H2,1H3,(H,24,25). The third kappa shape index (κ3) is 3.96. The number of benzene rings is 2. The van der Waals surface area contributed by atoms with Crippen molar-refractivity contribution < 1.29 is 14.3 Å². The van der Waals surface area contributed by atoms with Crippen LogP contribution >= 0.6 is 0 Å². The van der Waals surface area contributed by atoms with Crippen molar-refractivity contribution in [2.75, 3.05) is 23.4 Å². The van der Waals surface area contributed by atoms with Gasteiger partial charge in [-0.2, -0.15) is 0 Å². The van der Waals surface area contributed by atoms with Crippen molar-refractivity contribution in [1.82, 2.24) is 4.98 Å². The van der Waals surface area contributed by atoms with Crippen molar-refractivity contribution >= 4 is 29.1 Å². The summed E-state index contributed by atoms with van der Waals surface area (Å²) in [6.45, 7) is 2.79. The zero-order chi connectivity index (χ0) is 20.2. The molecule has 0 spiro atoms. The van der Waals surface area contributed by atoms with Gasteiger partial charge in [0, 0.05) is 29.7 Å². The van der Waals surface area contributed by atoms with E-state index in [2.05, 4.69) is 16.4 Å². The molecule has 0 atom stereocenters. The summed E-state index contributed by atoms with van der Waals surface area (Å²) in [4.78, 5) is 30.9. The van der Waals surface area contributed by atoms with Gasteiger partial charge in [0.1, 0.15) is 5.82 Å². The molecule has 4 rings (SSSR count). The van der Waals surface area contributed by atoms with Crippen LogP contribution in [0.3, 0.4) is 0 Å². The van der Waals surface area contributed by atoms with Crippen LogP contribution in [-0.4, -0.2) is 30.0 Å². The van der Waals surface area contributed by atoms with Crippen molar-refractivity contribution in [2.24, 2.45) is 0 Å². The first-order valence-electron chi connectivity index (χ1n) is 9.56. The van der Waals surface area contributed by atoms with Crippen molar-refractivity contribution in [1.29, 1.82) is 0 Å². The Balaban J connectivity index is 1.49. The third-order valence-electron chi connectivity index (χ3n) is 4.81. The number of amides is 1. The van der Waals surface area contributed by atoms with E-state index in [0.717, 1.165) is 17.8 Å². The molecule has 6 heteroatoms. The van der Waals surface area contributed by atoms with Gasteiger partial charge in [-0.1, -0.05) is 18.2 Å². The smallest absolute Gasteiger partial charge is 0.338 e. The number of carbonyl (C=O) groups excluding carboxylic acids is 2. The maximum atomic E-state index is 13.0. The molecule has 0 aliphatic carbocycles. The van der Waals surface area contributed by atoms with Crippen LogP contribution in [0.25, 0.3) is 0 Å². The highest BCUT2D eigenvalue weighted by Crippen LogP contribution is 2.29. The molecule has 1 N–H and O–H groups in total. The molecule has 0 saturated heterocycles. The summed E-state index contributed by atoms with van der Waals surface area (Å²) >= 11 is 0. The largest absolute Gasteiger partial charge is 0.462 e. The molecule has 29 heavy (non-hydrogen) atoms. The van der Waals surface area contributed by atoms with Crippen LogP contribution in [0.2, 0.25) is 0 Å². The van der Waals surface area contributed by atoms with Gasteiger partial charge in [0.15, 0.2) is 0 Å². The second kappa shape index (κ2) is 8.14. The average molecular weight is 387 g/mol. The number of aromatic nitrogens is 1. The Bertz CT molecular complexity index is 1050. The number of rotatable bonds is 5. The Morgan fingerprint density at radius 2 is 1.86 bits per heavy atom. The minimum absolute atomic E-state index is 0.0435. The molecular weight excluding hydrogens is 366 g/mol. The van der Waals surface area contributed by atoms with Gasteiger partial charge in [0.25, 0.3) is 5.91 Å². The Labute approximate surface area is 169 Å². The topological polar surface area (TPSA) is 71.5 Å². The first-order chi connectivity index (χ1) is 14.2. The van der Waals surface area contributed by atoms with Crippen LogP contribution in [-0.2, 0) is 11.2 Å². The number of para-hydroxylation sites is 1. The molecule has 3 aromatic rings. The normalized spacial score (nSPS) is 12.4. The lowest BCUT2D eigenvalue weighted by Gasteiger charge is -2.17. The van der Waals surface area contributed by atoms with E-state index in [4.69, 9.17) is 4.74 Å². The average Bonchev–Trinajstić information content (AvgIpc) is 3.18. The van der Waals surface area contributed by atoms with Crippen LogP contribution in [0.15, 0.2) is 66.9 Å². The predicted octanol–water partition coefficient (Wildman–Crippen LogP) is 4.20. The molecule has 0 fully saturated rings. The van der Waals surface area contributed by atoms with Gasteiger partial charge < -0.3 is 15.0 Å². The first-order valence-corrected chi connectivity index (χ1v) is 9.56. The van der Waals surface area contributed by atoms with E-state index >= 15 is 0 Å². The number of nitrogens with zero attached hydrogens (tertiary/aromatic N) is 2. The highest BCUT2D eigenvalue weighted by atomic mass is 16.5. The quantitative estimate of drug-likeness (QED) is 0.664. The monoisotopic (exact) mass is 387 g/mol. The fourth-order valence-electron chi connectivity index (χ4n) is 3.39. The number of fused-ring (bicyclic) bond motifs is 1. The number of ether oxygens (including phenoxy) is 1. The van der Waals surface area contributed by atoms with Crippen LogP contribution in [0.1, 0.15) is 33.2 Å². The van der Waals surface area contributed by atoms with E-state index in [9.17, 15) is 9.59 Å². The molecule has 6 nitrogen and oxygen atoms in total. The van der Waals surface area contributed by atoms with Crippen molar-refractivity contribution in [3.8, 4) is 0 Å². The van der Waals surface area contributed by atoms with Gasteiger partial charge in [-0.15, -0.1) is 0 Å². The minimum Gasteiger partial charge on any atom is -0.462 e. The molecule has 2 aromatic carbocycles. The molecule has 0 saturated carbocycles. The van der Waals surface area contributed by atoms with Crippen LogP contribution in [0, 0.1) is 0 Å². The molecule has 2 heterocycles. The summed E-state index contributed by atoms with van der Waals surface area (Å²) < 4.78 is 4.99. The van der Waals surface area contributed by atoms with E-state index in [0.29, 0.717) is 30.1 Å². The minimum atomic E-state index is -0.351. The summed E-state index contributed by atoms with van der Waals surface area (Å²) in [6, 6.07) is 18.4. The lowest BCUT2D eigenvalue weighted by Crippen LogP contribution is -2.28. The van der Waals surface area contributed by atoms with Gasteiger partial charge in [0.2, 0.25) is 0 Å². The van der Waals surface area contributed by atoms with E-state index in [1.54, 1.807) is 49.5 Å². The summed E-state index contributed by atoms with van der Waals surface area (Å²) in [5, 5.41) is 3.17. The summed E-state index contributed by atoms with van der Waals surface area (Å²) in [6.07, 6.45) is 2.48. The lowest BCUT2D eigenvalue weighted by molar-refractivity contribution is 0.0526. The van der Waals surface area contributed by atoms with Crippen molar-refractivity contribution in [3.63, 3.8) is 0 Å². The summed E-state index contributed by atoms with van der Waals surface area (Å²) in [5.74, 6) is 0.168. The number of hydrogen-bond donors (Lipinski definition) is 1. The van der Waals surface area contributed by atoms with Crippen LogP contribution in [0.5, 0.6) is 0 Å². The molecular formula is C23H21N3O3. The fourth-order valence-corrected chi connectivity index (χ4v) is 3.39. The van der Waals surface area contributed by atoms with Gasteiger partial charge in [0.05, 0.1) is 12.2 Å². The first kappa shape index (κ1) is 18.7. The van der Waals surface area contributed by atoms with Gasteiger partial charge >= 0.3 is 5.97 Å². The molecule has 1 amide bonds. The number of nitrogens with one attached hydrogen (secondary N) is 1. The zero-order valence-corrected chi connectivity index (χ0v) is 16.1. The zero-order valence-electron chi connectivity index (χ0n) is 16.1. The maximum absolute atomic E-state index is 13.0. The Hall–Kier alpha value is -3.67. The van der Waals surface area contributed by atoms with Crippen molar-refractivity contribution in [2.45, 2.75) is 13.3 Å². The molecule has 0 radical (unpaired) electrons. The molecule has 0 bridgehead atoms. The van der Waals surface area contributed by atoms with Crippen LogP contribution < -0.4 is 10.2 Å². The SMILES string of the molecule is CCOC(=O)c1ccc(Nc2cc(C(=O)N3CCc4ccccc43)ccn2)cc1. The number of hydrogen-bond acceptors (Lipinski definition) is 5. The number of esters is 1. The predicted molar refractivity (Wildman–Crippen MR) is 112 cm³/mol. The van der Waals surface area contributed by atoms with E-state index < -0.39 is 0 Å². The summed E-state index contributed by atoms with van der Waals surface area (Å²) in [7, 11) is 0. The fraction of sp³-hybridized carbons (Fsp3) is 0.174. The molecule has 146 valence electrons. The second-order valence-corrected chi connectivity index (χ2v) is 6.69. The lowest BCUT2D eigenvalue weighted by atomic mass is 10.1. The second-order valence-electron chi connectivity index (χ2n) is 6.69. The van der Waals surface area contributed by atoms with Crippen LogP contribution in [0.4, 0.5) is 17.2 Å². The molecule has 1 aliphatic heterocycles.